The molecule has 0 fully saturated rings. The molecule has 0 atom stereocenters. The summed E-state index contributed by atoms with van der Waals surface area (Å²) in [5, 5.41) is 11.1. The van der Waals surface area contributed by atoms with Gasteiger partial charge in [0.05, 0.1) is 0 Å². The number of benzene rings is 4. The summed E-state index contributed by atoms with van der Waals surface area (Å²) < 4.78 is 0. The summed E-state index contributed by atoms with van der Waals surface area (Å²) in [6.45, 7) is 16.1. The van der Waals surface area contributed by atoms with Gasteiger partial charge in [0.2, 0.25) is 0 Å². The van der Waals surface area contributed by atoms with E-state index in [1.807, 2.05) is 11.8 Å². The lowest BCUT2D eigenvalue weighted by Crippen LogP contribution is -1.93. The standard InChI is InChI=1S/C52H78S6/c1-8-13-18-23-28-53-47-33-41-42-34-48(54-29-24-19-14-9-2)50(56-31-26-21-16-11-4)36-44(42)46-38-52(58-39-40(6)7)51(57-32-27-22-17-12-5)37-45(46)43(41)35-49(47)55-30-25-20-15-10-3/h33-39H,8-32H2,1-7H3. The van der Waals surface area contributed by atoms with Crippen molar-refractivity contribution in [2.45, 2.75) is 206 Å². The van der Waals surface area contributed by atoms with Gasteiger partial charge in [-0.3, -0.25) is 0 Å². The summed E-state index contributed by atoms with van der Waals surface area (Å²) in [6, 6.07) is 15.8. The smallest absolute Gasteiger partial charge is 0.0258 e. The van der Waals surface area contributed by atoms with Crippen LogP contribution in [0.1, 0.15) is 177 Å². The van der Waals surface area contributed by atoms with E-state index in [1.165, 1.54) is 224 Å². The fourth-order valence-corrected chi connectivity index (χ4v) is 14.0. The molecular weight excluding hydrogens is 817 g/mol. The summed E-state index contributed by atoms with van der Waals surface area (Å²) in [5.41, 5.74) is 1.37. The van der Waals surface area contributed by atoms with Crippen LogP contribution in [0.25, 0.3) is 32.3 Å². The molecular formula is C52H78S6. The molecule has 0 radical (unpaired) electrons. The highest BCUT2D eigenvalue weighted by Gasteiger charge is 2.19. The van der Waals surface area contributed by atoms with Crippen molar-refractivity contribution in [3.8, 4) is 0 Å². The normalized spacial score (nSPS) is 11.8. The highest BCUT2D eigenvalue weighted by molar-refractivity contribution is 8.04. The fourth-order valence-electron chi connectivity index (χ4n) is 7.41. The van der Waals surface area contributed by atoms with E-state index in [2.05, 4.69) is 149 Å². The Hall–Kier alpha value is -0.500. The van der Waals surface area contributed by atoms with Gasteiger partial charge in [-0.05, 0) is 149 Å². The lowest BCUT2D eigenvalue weighted by molar-refractivity contribution is 0.706. The minimum atomic E-state index is 1.19. The van der Waals surface area contributed by atoms with Gasteiger partial charge in [0.25, 0.3) is 0 Å². The highest BCUT2D eigenvalue weighted by Crippen LogP contribution is 2.47. The topological polar surface area (TPSA) is 0 Å². The van der Waals surface area contributed by atoms with Crippen LogP contribution < -0.4 is 0 Å². The van der Waals surface area contributed by atoms with Crippen LogP contribution in [0.2, 0.25) is 0 Å². The first-order valence-electron chi connectivity index (χ1n) is 23.4. The first kappa shape index (κ1) is 50.1. The summed E-state index contributed by atoms with van der Waals surface area (Å²) >= 11 is 12.5. The minimum Gasteiger partial charge on any atom is -0.125 e. The molecule has 6 heteroatoms. The number of allylic oxidation sites excluding steroid dienone is 1. The van der Waals surface area contributed by atoms with Gasteiger partial charge in [-0.25, -0.2) is 0 Å². The summed E-state index contributed by atoms with van der Waals surface area (Å²) in [5.74, 6) is 6.02. The molecule has 0 aliphatic carbocycles. The molecule has 0 unspecified atom stereocenters. The lowest BCUT2D eigenvalue weighted by atomic mass is 9.94. The predicted octanol–water partition coefficient (Wildman–Crippen LogP) is 20.5. The van der Waals surface area contributed by atoms with Gasteiger partial charge in [0.15, 0.2) is 0 Å². The SMILES string of the molecule is CCCCCCSc1cc2c(cc1SC=C(C)C)c1cc(SCCCCCC)c(SCCCCCC)cc1c1cc(SCCCCCC)c(SCCCCCC)cc21. The Bertz CT molecular complexity index is 1760. The number of rotatable bonds is 32. The molecule has 0 aromatic heterocycles. The highest BCUT2D eigenvalue weighted by atomic mass is 32.2. The van der Waals surface area contributed by atoms with Crippen molar-refractivity contribution in [3.05, 3.63) is 47.4 Å². The quantitative estimate of drug-likeness (QED) is 0.0270. The number of hydrogen-bond donors (Lipinski definition) is 0. The minimum absolute atomic E-state index is 1.19. The van der Waals surface area contributed by atoms with Crippen LogP contribution in [0.3, 0.4) is 0 Å². The van der Waals surface area contributed by atoms with E-state index in [1.54, 1.807) is 0 Å². The molecule has 0 saturated carbocycles. The molecule has 4 rings (SSSR count). The van der Waals surface area contributed by atoms with Gasteiger partial charge in [-0.15, -0.1) is 58.8 Å². The van der Waals surface area contributed by atoms with Crippen LogP contribution in [-0.4, -0.2) is 28.8 Å². The third-order valence-corrected chi connectivity index (χ3v) is 18.1. The molecule has 4 aromatic rings. The molecule has 0 amide bonds. The zero-order valence-corrected chi connectivity index (χ0v) is 42.6. The second-order valence-corrected chi connectivity index (χ2v) is 23.0. The molecule has 0 spiro atoms. The Morgan fingerprint density at radius 1 is 0.328 bits per heavy atom. The molecule has 4 aromatic carbocycles. The number of unbranched alkanes of at least 4 members (excludes halogenated alkanes) is 15. The molecule has 0 aliphatic rings. The van der Waals surface area contributed by atoms with Crippen molar-refractivity contribution in [2.24, 2.45) is 0 Å². The summed E-state index contributed by atoms with van der Waals surface area (Å²) in [6.07, 6.45) is 26.4. The van der Waals surface area contributed by atoms with Crippen LogP contribution in [0.5, 0.6) is 0 Å². The van der Waals surface area contributed by atoms with E-state index in [9.17, 15) is 0 Å². The van der Waals surface area contributed by atoms with E-state index in [-0.39, 0.29) is 0 Å². The maximum absolute atomic E-state index is 2.65. The number of fused-ring (bicyclic) bond motifs is 6. The molecule has 58 heavy (non-hydrogen) atoms. The average Bonchev–Trinajstić information content (AvgIpc) is 3.22. The zero-order chi connectivity index (χ0) is 41.4. The first-order valence-corrected chi connectivity index (χ1v) is 29.2. The zero-order valence-electron chi connectivity index (χ0n) is 37.7. The second-order valence-electron chi connectivity index (χ2n) is 16.4. The Morgan fingerprint density at radius 3 is 0.776 bits per heavy atom. The van der Waals surface area contributed by atoms with Gasteiger partial charge in [-0.2, -0.15) is 0 Å². The fraction of sp³-hybridized carbons (Fsp3) is 0.615. The Balaban J connectivity index is 1.97. The largest absolute Gasteiger partial charge is 0.125 e. The number of hydrogen-bond acceptors (Lipinski definition) is 6. The Kier molecular flexibility index (Phi) is 25.7. The van der Waals surface area contributed by atoms with Crippen molar-refractivity contribution < 1.29 is 0 Å². The monoisotopic (exact) mass is 894 g/mol. The van der Waals surface area contributed by atoms with E-state index < -0.39 is 0 Å². The van der Waals surface area contributed by atoms with Gasteiger partial charge < -0.3 is 0 Å². The molecule has 322 valence electrons. The van der Waals surface area contributed by atoms with Gasteiger partial charge >= 0.3 is 0 Å². The van der Waals surface area contributed by atoms with Crippen LogP contribution in [0.4, 0.5) is 0 Å². The molecule has 0 heterocycles. The van der Waals surface area contributed by atoms with Crippen LogP contribution in [0, 0.1) is 0 Å². The average molecular weight is 896 g/mol. The van der Waals surface area contributed by atoms with Crippen LogP contribution in [-0.2, 0) is 0 Å². The third kappa shape index (κ3) is 16.7. The van der Waals surface area contributed by atoms with Gasteiger partial charge in [0, 0.05) is 29.4 Å². The molecule has 0 bridgehead atoms. The maximum Gasteiger partial charge on any atom is 0.0258 e. The lowest BCUT2D eigenvalue weighted by Gasteiger charge is -2.19. The maximum atomic E-state index is 2.65. The van der Waals surface area contributed by atoms with E-state index in [4.69, 9.17) is 0 Å². The molecule has 0 aliphatic heterocycles. The Labute approximate surface area is 382 Å². The van der Waals surface area contributed by atoms with Gasteiger partial charge in [0.1, 0.15) is 0 Å². The number of thioether (sulfide) groups is 6. The molecule has 0 N–H and O–H groups in total. The van der Waals surface area contributed by atoms with E-state index in [0.717, 1.165) is 0 Å². The summed E-state index contributed by atoms with van der Waals surface area (Å²) in [7, 11) is 0. The van der Waals surface area contributed by atoms with Gasteiger partial charge in [-0.1, -0.05) is 148 Å². The van der Waals surface area contributed by atoms with E-state index in [0.29, 0.717) is 0 Å². The summed E-state index contributed by atoms with van der Waals surface area (Å²) in [4.78, 5) is 8.90. The van der Waals surface area contributed by atoms with Crippen molar-refractivity contribution >= 4 is 103 Å². The molecule has 0 nitrogen and oxygen atoms in total. The molecule has 0 saturated heterocycles. The van der Waals surface area contributed by atoms with Crippen molar-refractivity contribution in [2.75, 3.05) is 28.8 Å². The van der Waals surface area contributed by atoms with Crippen molar-refractivity contribution in [1.82, 2.24) is 0 Å². The van der Waals surface area contributed by atoms with Crippen molar-refractivity contribution in [3.63, 3.8) is 0 Å². The Morgan fingerprint density at radius 2 is 0.552 bits per heavy atom. The van der Waals surface area contributed by atoms with E-state index >= 15 is 0 Å². The second kappa shape index (κ2) is 29.7. The van der Waals surface area contributed by atoms with Crippen molar-refractivity contribution in [1.29, 1.82) is 0 Å². The predicted molar refractivity (Wildman–Crippen MR) is 279 cm³/mol. The first-order chi connectivity index (χ1) is 28.4. The van der Waals surface area contributed by atoms with Crippen LogP contribution in [0.15, 0.2) is 76.8 Å². The third-order valence-electron chi connectivity index (χ3n) is 10.8. The van der Waals surface area contributed by atoms with Crippen LogP contribution >= 0.6 is 70.6 Å².